The number of hydrogen-bond acceptors (Lipinski definition) is 2. The lowest BCUT2D eigenvalue weighted by atomic mass is 9.94. The first-order chi connectivity index (χ1) is 13.4. The average molecular weight is 379 g/mol. The molecule has 0 spiro atoms. The lowest BCUT2D eigenvalue weighted by Gasteiger charge is -2.31. The van der Waals surface area contributed by atoms with Crippen molar-refractivity contribution in [3.05, 3.63) is 64.7 Å². The molecular weight excluding hydrogens is 348 g/mol. The highest BCUT2D eigenvalue weighted by molar-refractivity contribution is 5.96. The zero-order valence-electron chi connectivity index (χ0n) is 17.3. The number of nitrogens with one attached hydrogen (secondary N) is 1. The third-order valence-electron chi connectivity index (χ3n) is 5.75. The second kappa shape index (κ2) is 8.59. The summed E-state index contributed by atoms with van der Waals surface area (Å²) in [5, 5.41) is 3.11. The smallest absolute Gasteiger partial charge is 0.253 e. The Bertz CT molecular complexity index is 865. The molecule has 2 aromatic carbocycles. The number of para-hydroxylation sites is 1. The van der Waals surface area contributed by atoms with E-state index in [2.05, 4.69) is 25.2 Å². The number of hydrogen-bond donors (Lipinski definition) is 1. The van der Waals surface area contributed by atoms with Crippen LogP contribution in [0.5, 0.6) is 0 Å². The fourth-order valence-corrected chi connectivity index (χ4v) is 3.75. The average Bonchev–Trinajstić information content (AvgIpc) is 2.70. The minimum Gasteiger partial charge on any atom is -0.339 e. The molecule has 1 N–H and O–H groups in total. The van der Waals surface area contributed by atoms with Gasteiger partial charge in [-0.15, -0.1) is 0 Å². The van der Waals surface area contributed by atoms with Crippen LogP contribution in [0.4, 0.5) is 5.69 Å². The molecule has 1 aliphatic heterocycles. The van der Waals surface area contributed by atoms with Crippen molar-refractivity contribution in [1.29, 1.82) is 0 Å². The topological polar surface area (TPSA) is 49.4 Å². The number of carbonyl (C=O) groups excluding carboxylic acids is 2. The van der Waals surface area contributed by atoms with E-state index in [4.69, 9.17) is 0 Å². The molecule has 28 heavy (non-hydrogen) atoms. The van der Waals surface area contributed by atoms with Gasteiger partial charge in [0.15, 0.2) is 0 Å². The van der Waals surface area contributed by atoms with Crippen LogP contribution in [0, 0.1) is 19.8 Å². The number of anilines is 1. The maximum Gasteiger partial charge on any atom is 0.253 e. The minimum absolute atomic E-state index is 0.0518. The molecule has 0 saturated carbocycles. The molecule has 1 fully saturated rings. The molecule has 0 aliphatic carbocycles. The molecule has 0 radical (unpaired) electrons. The third kappa shape index (κ3) is 4.44. The fraction of sp³-hybridized carbons (Fsp3) is 0.417. The molecule has 1 aliphatic rings. The Morgan fingerprint density at radius 2 is 1.68 bits per heavy atom. The summed E-state index contributed by atoms with van der Waals surface area (Å²) in [6, 6.07) is 13.8. The molecule has 1 saturated heterocycles. The summed E-state index contributed by atoms with van der Waals surface area (Å²) in [7, 11) is 0. The largest absolute Gasteiger partial charge is 0.339 e. The predicted octanol–water partition coefficient (Wildman–Crippen LogP) is 4.92. The maximum absolute atomic E-state index is 12.8. The number of carbonyl (C=O) groups is 2. The van der Waals surface area contributed by atoms with Gasteiger partial charge in [-0.3, -0.25) is 9.59 Å². The Kier molecular flexibility index (Phi) is 6.18. The maximum atomic E-state index is 12.8. The lowest BCUT2D eigenvalue weighted by Crippen LogP contribution is -2.41. The van der Waals surface area contributed by atoms with Crippen molar-refractivity contribution in [2.24, 2.45) is 5.92 Å². The number of piperidine rings is 1. The van der Waals surface area contributed by atoms with Gasteiger partial charge in [0, 0.05) is 30.3 Å². The quantitative estimate of drug-likeness (QED) is 0.821. The van der Waals surface area contributed by atoms with Crippen LogP contribution in [0.1, 0.15) is 59.7 Å². The van der Waals surface area contributed by atoms with Crippen LogP contribution in [0.25, 0.3) is 0 Å². The van der Waals surface area contributed by atoms with Crippen LogP contribution in [-0.4, -0.2) is 29.8 Å². The standard InChI is InChI=1S/C24H30N2O2/c1-16(2)21-7-5-6-8-22(21)25-23(27)19-11-13-26(14-12-19)24(28)20-10-9-17(3)18(4)15-20/h5-10,15-16,19H,11-14H2,1-4H3,(H,25,27). The lowest BCUT2D eigenvalue weighted by molar-refractivity contribution is -0.121. The van der Waals surface area contributed by atoms with E-state index in [0.29, 0.717) is 31.8 Å². The normalized spacial score (nSPS) is 15.0. The van der Waals surface area contributed by atoms with Gasteiger partial charge in [-0.2, -0.15) is 0 Å². The number of amides is 2. The molecule has 0 atom stereocenters. The SMILES string of the molecule is Cc1ccc(C(=O)N2CCC(C(=O)Nc3ccccc3C(C)C)CC2)cc1C. The van der Waals surface area contributed by atoms with Crippen LogP contribution in [0.15, 0.2) is 42.5 Å². The van der Waals surface area contributed by atoms with Crippen molar-refractivity contribution in [3.63, 3.8) is 0 Å². The predicted molar refractivity (Wildman–Crippen MR) is 114 cm³/mol. The zero-order chi connectivity index (χ0) is 20.3. The van der Waals surface area contributed by atoms with Crippen molar-refractivity contribution >= 4 is 17.5 Å². The molecule has 0 aromatic heterocycles. The van der Waals surface area contributed by atoms with Crippen LogP contribution in [-0.2, 0) is 4.79 Å². The van der Waals surface area contributed by atoms with E-state index >= 15 is 0 Å². The van der Waals surface area contributed by atoms with Crippen molar-refractivity contribution in [1.82, 2.24) is 4.90 Å². The third-order valence-corrected chi connectivity index (χ3v) is 5.75. The number of benzene rings is 2. The molecular formula is C24H30N2O2. The summed E-state index contributed by atoms with van der Waals surface area (Å²) in [6.45, 7) is 9.57. The van der Waals surface area contributed by atoms with Gasteiger partial charge in [-0.05, 0) is 67.5 Å². The highest BCUT2D eigenvalue weighted by atomic mass is 16.2. The molecule has 4 nitrogen and oxygen atoms in total. The highest BCUT2D eigenvalue weighted by Gasteiger charge is 2.28. The van der Waals surface area contributed by atoms with Gasteiger partial charge in [-0.1, -0.05) is 38.1 Å². The summed E-state index contributed by atoms with van der Waals surface area (Å²) < 4.78 is 0. The van der Waals surface area contributed by atoms with E-state index < -0.39 is 0 Å². The Morgan fingerprint density at radius 1 is 1.00 bits per heavy atom. The van der Waals surface area contributed by atoms with Gasteiger partial charge < -0.3 is 10.2 Å². The van der Waals surface area contributed by atoms with Crippen LogP contribution < -0.4 is 5.32 Å². The monoisotopic (exact) mass is 378 g/mol. The molecule has 3 rings (SSSR count). The zero-order valence-corrected chi connectivity index (χ0v) is 17.3. The van der Waals surface area contributed by atoms with Crippen LogP contribution in [0.3, 0.4) is 0 Å². The number of aryl methyl sites for hydroxylation is 2. The van der Waals surface area contributed by atoms with E-state index in [1.54, 1.807) is 0 Å². The molecule has 0 unspecified atom stereocenters. The van der Waals surface area contributed by atoms with Gasteiger partial charge in [0.25, 0.3) is 5.91 Å². The van der Waals surface area contributed by atoms with E-state index in [1.807, 2.05) is 55.1 Å². The van der Waals surface area contributed by atoms with E-state index in [-0.39, 0.29) is 17.7 Å². The van der Waals surface area contributed by atoms with E-state index in [0.717, 1.165) is 22.4 Å². The second-order valence-corrected chi connectivity index (χ2v) is 8.10. The van der Waals surface area contributed by atoms with Crippen LogP contribution >= 0.6 is 0 Å². The Balaban J connectivity index is 1.60. The Morgan fingerprint density at radius 3 is 2.32 bits per heavy atom. The van der Waals surface area contributed by atoms with E-state index in [1.165, 1.54) is 5.56 Å². The van der Waals surface area contributed by atoms with Crippen LogP contribution in [0.2, 0.25) is 0 Å². The summed E-state index contributed by atoms with van der Waals surface area (Å²) in [6.07, 6.45) is 1.40. The minimum atomic E-state index is -0.0518. The molecule has 0 bridgehead atoms. The van der Waals surface area contributed by atoms with Gasteiger partial charge in [0.1, 0.15) is 0 Å². The Hall–Kier alpha value is -2.62. The second-order valence-electron chi connectivity index (χ2n) is 8.10. The van der Waals surface area contributed by atoms with Crippen molar-refractivity contribution < 1.29 is 9.59 Å². The number of rotatable bonds is 4. The number of likely N-dealkylation sites (tertiary alicyclic amines) is 1. The molecule has 4 heteroatoms. The summed E-state index contributed by atoms with van der Waals surface area (Å²) in [4.78, 5) is 27.4. The van der Waals surface area contributed by atoms with Gasteiger partial charge >= 0.3 is 0 Å². The Labute approximate surface area is 167 Å². The molecule has 2 aromatic rings. The van der Waals surface area contributed by atoms with E-state index in [9.17, 15) is 9.59 Å². The summed E-state index contributed by atoms with van der Waals surface area (Å²) in [5.74, 6) is 0.427. The fourth-order valence-electron chi connectivity index (χ4n) is 3.75. The van der Waals surface area contributed by atoms with Gasteiger partial charge in [-0.25, -0.2) is 0 Å². The van der Waals surface area contributed by atoms with Gasteiger partial charge in [0.2, 0.25) is 5.91 Å². The molecule has 148 valence electrons. The first kappa shape index (κ1) is 20.1. The molecule has 2 amide bonds. The first-order valence-corrected chi connectivity index (χ1v) is 10.1. The van der Waals surface area contributed by atoms with Crippen molar-refractivity contribution in [3.8, 4) is 0 Å². The molecule has 1 heterocycles. The summed E-state index contributed by atoms with van der Waals surface area (Å²) in [5.41, 5.74) is 5.10. The number of nitrogens with zero attached hydrogens (tertiary/aromatic N) is 1. The van der Waals surface area contributed by atoms with Crippen molar-refractivity contribution in [2.75, 3.05) is 18.4 Å². The summed E-state index contributed by atoms with van der Waals surface area (Å²) >= 11 is 0. The van der Waals surface area contributed by atoms with Crippen molar-refractivity contribution in [2.45, 2.75) is 46.5 Å². The highest BCUT2D eigenvalue weighted by Crippen LogP contribution is 2.26. The van der Waals surface area contributed by atoms with Gasteiger partial charge in [0.05, 0.1) is 0 Å². The first-order valence-electron chi connectivity index (χ1n) is 10.1.